The lowest BCUT2D eigenvalue weighted by Gasteiger charge is -2.45. The van der Waals surface area contributed by atoms with E-state index >= 15 is 0 Å². The van der Waals surface area contributed by atoms with E-state index in [-0.39, 0.29) is 0 Å². The highest BCUT2D eigenvalue weighted by Gasteiger charge is 2.42. The van der Waals surface area contributed by atoms with E-state index in [9.17, 15) is 0 Å². The maximum Gasteiger partial charge on any atom is 0.0335 e. The van der Waals surface area contributed by atoms with Crippen molar-refractivity contribution < 1.29 is 0 Å². The Labute approximate surface area is 104 Å². The maximum atomic E-state index is 6.10. The predicted octanol–water partition coefficient (Wildman–Crippen LogP) is 2.33. The van der Waals surface area contributed by atoms with Gasteiger partial charge in [0.25, 0.3) is 0 Å². The van der Waals surface area contributed by atoms with E-state index in [1.165, 1.54) is 44.5 Å². The molecule has 2 aliphatic rings. The number of nitrogens with zero attached hydrogens (tertiary/aromatic N) is 1. The quantitative estimate of drug-likeness (QED) is 0.823. The van der Waals surface area contributed by atoms with Gasteiger partial charge in [0, 0.05) is 36.2 Å². The Bertz CT molecular complexity index is 234. The van der Waals surface area contributed by atoms with Crippen molar-refractivity contribution in [3.05, 3.63) is 0 Å². The average molecular weight is 242 g/mol. The largest absolute Gasteiger partial charge is 0.329 e. The second kappa shape index (κ2) is 5.28. The van der Waals surface area contributed by atoms with Gasteiger partial charge in [0.2, 0.25) is 0 Å². The molecule has 0 amide bonds. The standard InChI is InChI=1S/C13H26N2S/c1-3-12-9-15(6-7-16-12)13(10-14)5-4-11(2)8-13/h11-12H,3-10,14H2,1-2H3. The molecule has 3 unspecified atom stereocenters. The number of nitrogens with two attached hydrogens (primary N) is 1. The molecule has 2 nitrogen and oxygen atoms in total. The molecule has 1 saturated carbocycles. The van der Waals surface area contributed by atoms with Crippen molar-refractivity contribution in [1.82, 2.24) is 4.90 Å². The summed E-state index contributed by atoms with van der Waals surface area (Å²) in [6.07, 6.45) is 5.32. The normalized spacial score (nSPS) is 41.4. The van der Waals surface area contributed by atoms with Crippen LogP contribution >= 0.6 is 11.8 Å². The van der Waals surface area contributed by atoms with Crippen molar-refractivity contribution in [2.45, 2.75) is 50.3 Å². The third-order valence-electron chi connectivity index (χ3n) is 4.48. The van der Waals surface area contributed by atoms with Crippen LogP contribution in [0.15, 0.2) is 0 Å². The summed E-state index contributed by atoms with van der Waals surface area (Å²) in [5, 5.41) is 0.841. The molecule has 1 aliphatic heterocycles. The first kappa shape index (κ1) is 12.7. The van der Waals surface area contributed by atoms with Crippen LogP contribution < -0.4 is 5.73 Å². The molecule has 0 spiro atoms. The fourth-order valence-electron chi connectivity index (χ4n) is 3.37. The molecule has 2 rings (SSSR count). The van der Waals surface area contributed by atoms with Gasteiger partial charge in [-0.25, -0.2) is 0 Å². The number of thioether (sulfide) groups is 1. The molecule has 1 aliphatic carbocycles. The monoisotopic (exact) mass is 242 g/mol. The zero-order chi connectivity index (χ0) is 11.6. The fraction of sp³-hybridized carbons (Fsp3) is 1.00. The van der Waals surface area contributed by atoms with Crippen molar-refractivity contribution in [1.29, 1.82) is 0 Å². The first-order chi connectivity index (χ1) is 7.70. The van der Waals surface area contributed by atoms with Crippen molar-refractivity contribution in [2.75, 3.05) is 25.4 Å². The van der Waals surface area contributed by atoms with E-state index in [0.717, 1.165) is 17.7 Å². The Morgan fingerprint density at radius 1 is 1.50 bits per heavy atom. The van der Waals surface area contributed by atoms with Gasteiger partial charge in [0.1, 0.15) is 0 Å². The summed E-state index contributed by atoms with van der Waals surface area (Å²) in [7, 11) is 0. The minimum absolute atomic E-state index is 0.355. The van der Waals surface area contributed by atoms with Gasteiger partial charge in [0.15, 0.2) is 0 Å². The summed E-state index contributed by atoms with van der Waals surface area (Å²) < 4.78 is 0. The highest BCUT2D eigenvalue weighted by molar-refractivity contribution is 8.00. The van der Waals surface area contributed by atoms with E-state index in [2.05, 4.69) is 30.5 Å². The van der Waals surface area contributed by atoms with E-state index in [0.29, 0.717) is 5.54 Å². The smallest absolute Gasteiger partial charge is 0.0335 e. The van der Waals surface area contributed by atoms with Crippen LogP contribution in [0.3, 0.4) is 0 Å². The Balaban J connectivity index is 2.03. The van der Waals surface area contributed by atoms with Gasteiger partial charge in [0.05, 0.1) is 0 Å². The van der Waals surface area contributed by atoms with Gasteiger partial charge in [-0.15, -0.1) is 0 Å². The second-order valence-electron chi connectivity index (χ2n) is 5.62. The summed E-state index contributed by atoms with van der Waals surface area (Å²) in [4.78, 5) is 2.72. The first-order valence-electron chi connectivity index (χ1n) is 6.77. The summed E-state index contributed by atoms with van der Waals surface area (Å²) in [5.41, 5.74) is 6.46. The molecule has 0 aromatic heterocycles. The lowest BCUT2D eigenvalue weighted by molar-refractivity contribution is 0.0992. The average Bonchev–Trinajstić information content (AvgIpc) is 2.72. The maximum absolute atomic E-state index is 6.10. The van der Waals surface area contributed by atoms with E-state index in [1.807, 2.05) is 0 Å². The fourth-order valence-corrected chi connectivity index (χ4v) is 4.55. The van der Waals surface area contributed by atoms with Crippen LogP contribution in [0.25, 0.3) is 0 Å². The van der Waals surface area contributed by atoms with Gasteiger partial charge in [-0.2, -0.15) is 11.8 Å². The van der Waals surface area contributed by atoms with Crippen LogP contribution in [0.4, 0.5) is 0 Å². The number of hydrogen-bond acceptors (Lipinski definition) is 3. The zero-order valence-corrected chi connectivity index (χ0v) is 11.6. The summed E-state index contributed by atoms with van der Waals surface area (Å²) in [5.74, 6) is 2.17. The van der Waals surface area contributed by atoms with Crippen LogP contribution in [-0.4, -0.2) is 41.1 Å². The zero-order valence-electron chi connectivity index (χ0n) is 10.7. The van der Waals surface area contributed by atoms with E-state index in [4.69, 9.17) is 5.73 Å². The Hall–Kier alpha value is 0.270. The second-order valence-corrected chi connectivity index (χ2v) is 7.03. The molecule has 0 bridgehead atoms. The van der Waals surface area contributed by atoms with Crippen molar-refractivity contribution >= 4 is 11.8 Å². The molecule has 2 fully saturated rings. The van der Waals surface area contributed by atoms with Crippen molar-refractivity contribution in [3.8, 4) is 0 Å². The Morgan fingerprint density at radius 3 is 2.88 bits per heavy atom. The van der Waals surface area contributed by atoms with Gasteiger partial charge in [-0.1, -0.05) is 13.8 Å². The molecule has 1 saturated heterocycles. The molecular weight excluding hydrogens is 216 g/mol. The topological polar surface area (TPSA) is 29.3 Å². The first-order valence-corrected chi connectivity index (χ1v) is 7.82. The SMILES string of the molecule is CCC1CN(C2(CN)CCC(C)C2)CCS1. The predicted molar refractivity (Wildman–Crippen MR) is 72.9 cm³/mol. The lowest BCUT2D eigenvalue weighted by Crippen LogP contribution is -2.56. The van der Waals surface area contributed by atoms with Crippen LogP contribution in [0, 0.1) is 5.92 Å². The Morgan fingerprint density at radius 2 is 2.31 bits per heavy atom. The van der Waals surface area contributed by atoms with Gasteiger partial charge >= 0.3 is 0 Å². The molecule has 94 valence electrons. The summed E-state index contributed by atoms with van der Waals surface area (Å²) >= 11 is 2.15. The molecule has 0 radical (unpaired) electrons. The number of rotatable bonds is 3. The lowest BCUT2D eigenvalue weighted by atomic mass is 9.93. The molecule has 3 atom stereocenters. The molecule has 0 aromatic carbocycles. The minimum Gasteiger partial charge on any atom is -0.329 e. The molecule has 2 N–H and O–H groups in total. The van der Waals surface area contributed by atoms with E-state index < -0.39 is 0 Å². The Kier molecular flexibility index (Phi) is 4.20. The summed E-state index contributed by atoms with van der Waals surface area (Å²) in [6.45, 7) is 8.08. The minimum atomic E-state index is 0.355. The molecule has 3 heteroatoms. The highest BCUT2D eigenvalue weighted by atomic mass is 32.2. The van der Waals surface area contributed by atoms with Crippen LogP contribution in [0.5, 0.6) is 0 Å². The third kappa shape index (κ3) is 2.41. The molecule has 1 heterocycles. The summed E-state index contributed by atoms with van der Waals surface area (Å²) in [6, 6.07) is 0. The number of hydrogen-bond donors (Lipinski definition) is 1. The molecule has 0 aromatic rings. The van der Waals surface area contributed by atoms with Crippen molar-refractivity contribution in [2.24, 2.45) is 11.7 Å². The van der Waals surface area contributed by atoms with Crippen molar-refractivity contribution in [3.63, 3.8) is 0 Å². The van der Waals surface area contributed by atoms with Gasteiger partial charge in [-0.05, 0) is 31.6 Å². The van der Waals surface area contributed by atoms with Crippen LogP contribution in [0.1, 0.15) is 39.5 Å². The molecule has 16 heavy (non-hydrogen) atoms. The van der Waals surface area contributed by atoms with Crippen LogP contribution in [-0.2, 0) is 0 Å². The third-order valence-corrected chi connectivity index (χ3v) is 5.85. The van der Waals surface area contributed by atoms with Gasteiger partial charge < -0.3 is 5.73 Å². The highest BCUT2D eigenvalue weighted by Crippen LogP contribution is 2.40. The van der Waals surface area contributed by atoms with Gasteiger partial charge in [-0.3, -0.25) is 4.90 Å². The van der Waals surface area contributed by atoms with Crippen LogP contribution in [0.2, 0.25) is 0 Å². The molecular formula is C13H26N2S. The van der Waals surface area contributed by atoms with E-state index in [1.54, 1.807) is 0 Å².